The van der Waals surface area contributed by atoms with Gasteiger partial charge >= 0.3 is 0 Å². The highest BCUT2D eigenvalue weighted by Gasteiger charge is 1.68. The summed E-state index contributed by atoms with van der Waals surface area (Å²) in [4.78, 5) is 0. The molecule has 114 valence electrons. The van der Waals surface area contributed by atoms with E-state index in [0.29, 0.717) is 0 Å². The Morgan fingerprint density at radius 3 is 0.647 bits per heavy atom. The zero-order valence-corrected chi connectivity index (χ0v) is 15.9. The summed E-state index contributed by atoms with van der Waals surface area (Å²) < 4.78 is 0. The summed E-state index contributed by atoms with van der Waals surface area (Å²) in [6, 6.07) is 0. The Morgan fingerprint density at radius 1 is 0.471 bits per heavy atom. The van der Waals surface area contributed by atoms with E-state index in [1.165, 1.54) is 32.1 Å². The van der Waals surface area contributed by atoms with Crippen LogP contribution in [-0.4, -0.2) is 6.26 Å². The van der Waals surface area contributed by atoms with Gasteiger partial charge in [-0.3, -0.25) is 0 Å². The van der Waals surface area contributed by atoms with Gasteiger partial charge in [0.2, 0.25) is 0 Å². The maximum atomic E-state index is 3.53. The van der Waals surface area contributed by atoms with E-state index in [2.05, 4.69) is 40.3 Å². The molecule has 0 fully saturated rings. The van der Waals surface area contributed by atoms with Crippen molar-refractivity contribution in [2.45, 2.75) is 101 Å². The van der Waals surface area contributed by atoms with Crippen LogP contribution in [0.5, 0.6) is 0 Å². The van der Waals surface area contributed by atoms with Crippen LogP contribution in [0.4, 0.5) is 0 Å². The molecule has 17 heavy (non-hydrogen) atoms. The topological polar surface area (TPSA) is 0 Å². The Labute approximate surface area is 120 Å². The average molecular weight is 269 g/mol. The molecule has 0 N–H and O–H groups in total. The summed E-state index contributed by atoms with van der Waals surface area (Å²) in [5.41, 5.74) is 0. The molecule has 0 amide bonds. The van der Waals surface area contributed by atoms with E-state index in [1.807, 2.05) is 41.5 Å². The maximum absolute atomic E-state index is 3.53. The first kappa shape index (κ1) is 36.0. The SMILES string of the molecule is CC.CC.CC.CCCC.CCCCC.CS. The summed E-state index contributed by atoms with van der Waals surface area (Å²) >= 11 is 3.53. The standard InChI is InChI=1S/C5H12.C4H10.3C2H6.CH4S/c1-3-5-4-2;1-3-4-2;4*1-2/h3-5H2,1-2H3;3-4H2,1-2H3;3*1-2H3;2H,1H3. The zero-order chi connectivity index (χ0) is 15.5. The van der Waals surface area contributed by atoms with Crippen LogP contribution in [0.25, 0.3) is 0 Å². The predicted molar refractivity (Wildman–Crippen MR) is 94.7 cm³/mol. The minimum Gasteiger partial charge on any atom is -0.183 e. The first-order valence-corrected chi connectivity index (χ1v) is 8.67. The lowest BCUT2D eigenvalue weighted by molar-refractivity contribution is 0.772. The number of rotatable bonds is 3. The Balaban J connectivity index is -0.0000000228. The number of thiol groups is 1. The van der Waals surface area contributed by atoms with E-state index in [1.54, 1.807) is 6.26 Å². The molecule has 0 aliphatic carbocycles. The van der Waals surface area contributed by atoms with Gasteiger partial charge in [-0.15, -0.1) is 0 Å². The molecule has 0 nitrogen and oxygen atoms in total. The molecule has 0 saturated carbocycles. The molecule has 0 atom stereocenters. The van der Waals surface area contributed by atoms with Crippen molar-refractivity contribution in [1.29, 1.82) is 0 Å². The summed E-state index contributed by atoms with van der Waals surface area (Å²) in [6.45, 7) is 20.8. The number of unbranched alkanes of at least 4 members (excludes halogenated alkanes) is 3. The third-order valence-electron chi connectivity index (χ3n) is 1.21. The fourth-order valence-electron chi connectivity index (χ4n) is 0.354. The van der Waals surface area contributed by atoms with Gasteiger partial charge < -0.3 is 0 Å². The van der Waals surface area contributed by atoms with Gasteiger partial charge in [-0.05, 0) is 6.26 Å². The second-order valence-corrected chi connectivity index (χ2v) is 2.35. The van der Waals surface area contributed by atoms with Crippen LogP contribution < -0.4 is 0 Å². The molecule has 0 spiro atoms. The molecule has 0 aromatic carbocycles. The van der Waals surface area contributed by atoms with Crippen LogP contribution >= 0.6 is 12.6 Å². The summed E-state index contributed by atoms with van der Waals surface area (Å²) in [7, 11) is 0. The normalized spacial score (nSPS) is 5.65. The molecule has 0 aliphatic rings. The summed E-state index contributed by atoms with van der Waals surface area (Å²) in [5, 5.41) is 0. The molecular formula is C16H44S. The van der Waals surface area contributed by atoms with Crippen LogP contribution in [0.3, 0.4) is 0 Å². The average Bonchev–Trinajstić information content (AvgIpc) is 2.48. The third kappa shape index (κ3) is 300. The minimum atomic E-state index is 1.32. The van der Waals surface area contributed by atoms with Crippen molar-refractivity contribution in [3.8, 4) is 0 Å². The molecule has 0 aliphatic heterocycles. The van der Waals surface area contributed by atoms with Crippen molar-refractivity contribution in [2.75, 3.05) is 6.26 Å². The smallest absolute Gasteiger partial charge is 0.0215 e. The van der Waals surface area contributed by atoms with Crippen LogP contribution in [0, 0.1) is 0 Å². The lowest BCUT2D eigenvalue weighted by Gasteiger charge is -1.79. The van der Waals surface area contributed by atoms with Crippen LogP contribution in [-0.2, 0) is 0 Å². The Bertz CT molecular complexity index is 24.7. The van der Waals surface area contributed by atoms with Crippen molar-refractivity contribution >= 4 is 12.6 Å². The van der Waals surface area contributed by atoms with E-state index < -0.39 is 0 Å². The molecular weight excluding hydrogens is 224 g/mol. The van der Waals surface area contributed by atoms with Crippen molar-refractivity contribution < 1.29 is 0 Å². The molecule has 0 radical (unpaired) electrons. The van der Waals surface area contributed by atoms with Gasteiger partial charge in [-0.1, -0.05) is 101 Å². The number of hydrogen-bond acceptors (Lipinski definition) is 1. The predicted octanol–water partition coefficient (Wildman–Crippen LogP) is 7.63. The van der Waals surface area contributed by atoms with E-state index >= 15 is 0 Å². The molecule has 0 aromatic heterocycles. The first-order valence-electron chi connectivity index (χ1n) is 7.78. The van der Waals surface area contributed by atoms with Crippen molar-refractivity contribution in [2.24, 2.45) is 0 Å². The second-order valence-electron chi connectivity index (χ2n) is 2.35. The van der Waals surface area contributed by atoms with Gasteiger partial charge in [0.15, 0.2) is 0 Å². The molecule has 0 heterocycles. The molecule has 0 unspecified atom stereocenters. The Hall–Kier alpha value is 0.350. The third-order valence-corrected chi connectivity index (χ3v) is 1.21. The molecule has 0 rings (SSSR count). The van der Waals surface area contributed by atoms with Gasteiger partial charge in [0.05, 0.1) is 0 Å². The number of hydrogen-bond donors (Lipinski definition) is 1. The zero-order valence-electron chi connectivity index (χ0n) is 15.0. The Kier molecular flexibility index (Phi) is 285. The van der Waals surface area contributed by atoms with Crippen molar-refractivity contribution in [3.63, 3.8) is 0 Å². The Morgan fingerprint density at radius 2 is 0.647 bits per heavy atom. The van der Waals surface area contributed by atoms with Crippen LogP contribution in [0.2, 0.25) is 0 Å². The van der Waals surface area contributed by atoms with Gasteiger partial charge in [0.25, 0.3) is 0 Å². The summed E-state index contributed by atoms with van der Waals surface area (Å²) in [6.07, 6.45) is 8.41. The molecule has 1 heteroatoms. The first-order chi connectivity index (χ1) is 8.33. The largest absolute Gasteiger partial charge is 0.183 e. The molecule has 0 saturated heterocycles. The fourth-order valence-corrected chi connectivity index (χ4v) is 0.354. The van der Waals surface area contributed by atoms with E-state index in [9.17, 15) is 0 Å². The van der Waals surface area contributed by atoms with E-state index in [-0.39, 0.29) is 0 Å². The van der Waals surface area contributed by atoms with E-state index in [4.69, 9.17) is 0 Å². The minimum absolute atomic E-state index is 1.32. The van der Waals surface area contributed by atoms with Gasteiger partial charge in [0.1, 0.15) is 0 Å². The highest BCUT2D eigenvalue weighted by molar-refractivity contribution is 7.79. The monoisotopic (exact) mass is 268 g/mol. The fraction of sp³-hybridized carbons (Fsp3) is 1.00. The highest BCUT2D eigenvalue weighted by Crippen LogP contribution is 1.88. The van der Waals surface area contributed by atoms with Gasteiger partial charge in [-0.2, -0.15) is 12.6 Å². The highest BCUT2D eigenvalue weighted by atomic mass is 32.1. The molecule has 0 bridgehead atoms. The van der Waals surface area contributed by atoms with Crippen LogP contribution in [0.1, 0.15) is 101 Å². The lowest BCUT2D eigenvalue weighted by atomic mass is 10.3. The second kappa shape index (κ2) is 135. The quantitative estimate of drug-likeness (QED) is 0.500. The van der Waals surface area contributed by atoms with Gasteiger partial charge in [0, 0.05) is 0 Å². The van der Waals surface area contributed by atoms with Crippen LogP contribution in [0.15, 0.2) is 0 Å². The van der Waals surface area contributed by atoms with E-state index in [0.717, 1.165) is 0 Å². The van der Waals surface area contributed by atoms with Crippen molar-refractivity contribution in [1.82, 2.24) is 0 Å². The summed E-state index contributed by atoms with van der Waals surface area (Å²) in [5.74, 6) is 0. The lowest BCUT2D eigenvalue weighted by Crippen LogP contribution is -1.59. The maximum Gasteiger partial charge on any atom is -0.0215 e. The van der Waals surface area contributed by atoms with Crippen molar-refractivity contribution in [3.05, 3.63) is 0 Å². The van der Waals surface area contributed by atoms with Gasteiger partial charge in [-0.25, -0.2) is 0 Å². The molecule has 0 aromatic rings.